The molecule has 0 aliphatic carbocycles. The first-order chi connectivity index (χ1) is 10.5. The number of anilines is 1. The molecular formula is C18H22IN3O. The van der Waals surface area contributed by atoms with Crippen molar-refractivity contribution in [1.29, 1.82) is 0 Å². The lowest BCUT2D eigenvalue weighted by molar-refractivity contribution is 0.229. The fourth-order valence-electron chi connectivity index (χ4n) is 2.90. The number of hydrogen-bond donors (Lipinski definition) is 2. The number of hydrogen-bond acceptors (Lipinski definition) is 2. The molecule has 0 fully saturated rings. The molecule has 0 saturated carbocycles. The van der Waals surface area contributed by atoms with Crippen LogP contribution >= 0.6 is 24.0 Å². The molecule has 0 amide bonds. The van der Waals surface area contributed by atoms with Crippen LogP contribution in [0.1, 0.15) is 29.7 Å². The van der Waals surface area contributed by atoms with Gasteiger partial charge in [-0.25, -0.2) is 4.99 Å². The van der Waals surface area contributed by atoms with Gasteiger partial charge in [-0.2, -0.15) is 0 Å². The fraction of sp³-hybridized carbons (Fsp3) is 0.278. The molecule has 2 aromatic carbocycles. The zero-order chi connectivity index (χ0) is 15.7. The van der Waals surface area contributed by atoms with Crippen molar-refractivity contribution in [1.82, 2.24) is 0 Å². The van der Waals surface area contributed by atoms with Gasteiger partial charge in [0.15, 0.2) is 5.96 Å². The van der Waals surface area contributed by atoms with Gasteiger partial charge in [0.1, 0.15) is 17.9 Å². The number of aryl methyl sites for hydroxylation is 2. The molecule has 2 aromatic rings. The minimum atomic E-state index is -0.0744. The Hall–Kier alpha value is -1.76. The minimum Gasteiger partial charge on any atom is -0.488 e. The lowest BCUT2D eigenvalue weighted by atomic mass is 10.1. The number of fused-ring (bicyclic) bond motifs is 1. The summed E-state index contributed by atoms with van der Waals surface area (Å²) >= 11 is 0. The van der Waals surface area contributed by atoms with Gasteiger partial charge in [-0.3, -0.25) is 0 Å². The average Bonchev–Trinajstić information content (AvgIpc) is 2.74. The highest BCUT2D eigenvalue weighted by Gasteiger charge is 2.30. The molecule has 1 aliphatic heterocycles. The lowest BCUT2D eigenvalue weighted by Crippen LogP contribution is -2.25. The molecule has 23 heavy (non-hydrogen) atoms. The number of nitrogens with zero attached hydrogens (tertiary/aromatic N) is 1. The van der Waals surface area contributed by atoms with Gasteiger partial charge in [0.2, 0.25) is 0 Å². The summed E-state index contributed by atoms with van der Waals surface area (Å²) in [7, 11) is 0. The van der Waals surface area contributed by atoms with Crippen LogP contribution in [-0.2, 0) is 0 Å². The third-order valence-corrected chi connectivity index (χ3v) is 3.77. The van der Waals surface area contributed by atoms with E-state index in [1.165, 1.54) is 11.1 Å². The summed E-state index contributed by atoms with van der Waals surface area (Å²) in [5.41, 5.74) is 10.5. The van der Waals surface area contributed by atoms with Gasteiger partial charge in [0.25, 0.3) is 0 Å². The summed E-state index contributed by atoms with van der Waals surface area (Å²) in [4.78, 5) is 4.61. The van der Waals surface area contributed by atoms with E-state index in [0.29, 0.717) is 5.96 Å². The topological polar surface area (TPSA) is 59.6 Å². The van der Waals surface area contributed by atoms with Gasteiger partial charge in [0.05, 0.1) is 0 Å². The molecule has 2 unspecified atom stereocenters. The van der Waals surface area contributed by atoms with Crippen molar-refractivity contribution in [2.75, 3.05) is 5.32 Å². The van der Waals surface area contributed by atoms with Crippen molar-refractivity contribution in [2.45, 2.75) is 32.9 Å². The number of nitrogens with two attached hydrogens (primary N) is 1. The normalized spacial score (nSPS) is 19.5. The molecule has 0 spiro atoms. The molecule has 2 atom stereocenters. The van der Waals surface area contributed by atoms with Gasteiger partial charge in [-0.15, -0.1) is 24.0 Å². The Bertz CT molecular complexity index is 710. The standard InChI is InChI=1S/C18H21N3O.HI/c1-11-8-12(2)10-14(9-11)20-18(19)21-17-13(3)22-16-7-5-4-6-15(16)17;/h4-10,13,17H,1-3H3,(H3,19,20,21);1H. The van der Waals surface area contributed by atoms with E-state index in [1.807, 2.05) is 31.2 Å². The Morgan fingerprint density at radius 2 is 1.78 bits per heavy atom. The predicted molar refractivity (Wildman–Crippen MR) is 106 cm³/mol. The van der Waals surface area contributed by atoms with E-state index in [2.05, 4.69) is 42.4 Å². The molecule has 3 rings (SSSR count). The second-order valence-corrected chi connectivity index (χ2v) is 5.82. The molecule has 0 radical (unpaired) electrons. The number of halogens is 1. The van der Waals surface area contributed by atoms with Gasteiger partial charge in [0, 0.05) is 11.3 Å². The zero-order valence-electron chi connectivity index (χ0n) is 13.5. The summed E-state index contributed by atoms with van der Waals surface area (Å²) in [6.07, 6.45) is -0.0167. The molecule has 0 aromatic heterocycles. The highest BCUT2D eigenvalue weighted by atomic mass is 127. The van der Waals surface area contributed by atoms with Crippen LogP contribution in [0.3, 0.4) is 0 Å². The molecule has 4 nitrogen and oxygen atoms in total. The van der Waals surface area contributed by atoms with Crippen molar-refractivity contribution in [3.63, 3.8) is 0 Å². The van der Waals surface area contributed by atoms with E-state index in [4.69, 9.17) is 10.5 Å². The smallest absolute Gasteiger partial charge is 0.193 e. The highest BCUT2D eigenvalue weighted by Crippen LogP contribution is 2.38. The van der Waals surface area contributed by atoms with Crippen molar-refractivity contribution < 1.29 is 4.74 Å². The number of aliphatic imine (C=N–C) groups is 1. The second-order valence-electron chi connectivity index (χ2n) is 5.82. The van der Waals surface area contributed by atoms with Crippen molar-refractivity contribution in [3.05, 3.63) is 59.2 Å². The second kappa shape index (κ2) is 7.21. The molecule has 3 N–H and O–H groups in total. The van der Waals surface area contributed by atoms with E-state index in [0.717, 1.165) is 17.0 Å². The molecule has 122 valence electrons. The van der Waals surface area contributed by atoms with E-state index in [1.54, 1.807) is 0 Å². The van der Waals surface area contributed by atoms with Crippen LogP contribution < -0.4 is 15.8 Å². The first kappa shape index (κ1) is 17.6. The average molecular weight is 423 g/mol. The summed E-state index contributed by atoms with van der Waals surface area (Å²) in [5, 5.41) is 3.17. The zero-order valence-corrected chi connectivity index (χ0v) is 15.9. The lowest BCUT2D eigenvalue weighted by Gasteiger charge is -2.13. The maximum Gasteiger partial charge on any atom is 0.193 e. The molecule has 0 bridgehead atoms. The molecule has 1 aliphatic rings. The van der Waals surface area contributed by atoms with Crippen LogP contribution in [0, 0.1) is 13.8 Å². The van der Waals surface area contributed by atoms with Crippen LogP contribution in [0.15, 0.2) is 47.5 Å². The van der Waals surface area contributed by atoms with Gasteiger partial charge >= 0.3 is 0 Å². The molecule has 1 heterocycles. The first-order valence-electron chi connectivity index (χ1n) is 7.47. The quantitative estimate of drug-likeness (QED) is 0.433. The number of guanidine groups is 1. The van der Waals surface area contributed by atoms with Crippen molar-refractivity contribution >= 4 is 35.6 Å². The Balaban J connectivity index is 0.00000192. The predicted octanol–water partition coefficient (Wildman–Crippen LogP) is 4.17. The van der Waals surface area contributed by atoms with Crippen LogP contribution in [0.25, 0.3) is 0 Å². The van der Waals surface area contributed by atoms with Gasteiger partial charge < -0.3 is 15.8 Å². The van der Waals surface area contributed by atoms with E-state index >= 15 is 0 Å². The fourth-order valence-corrected chi connectivity index (χ4v) is 2.90. The Labute approximate surface area is 154 Å². The van der Waals surface area contributed by atoms with Crippen LogP contribution in [0.4, 0.5) is 5.69 Å². The number of benzene rings is 2. The van der Waals surface area contributed by atoms with Crippen LogP contribution in [0.2, 0.25) is 0 Å². The van der Waals surface area contributed by atoms with Crippen LogP contribution in [-0.4, -0.2) is 12.1 Å². The van der Waals surface area contributed by atoms with E-state index < -0.39 is 0 Å². The minimum absolute atomic E-state index is 0. The van der Waals surface area contributed by atoms with Gasteiger partial charge in [-0.1, -0.05) is 24.3 Å². The third-order valence-electron chi connectivity index (χ3n) is 3.77. The number of ether oxygens (including phenoxy) is 1. The summed E-state index contributed by atoms with van der Waals surface area (Å²) in [6, 6.07) is 14.1. The first-order valence-corrected chi connectivity index (χ1v) is 7.47. The van der Waals surface area contributed by atoms with Crippen molar-refractivity contribution in [2.24, 2.45) is 10.7 Å². The molecular weight excluding hydrogens is 401 g/mol. The molecule has 5 heteroatoms. The molecule has 0 saturated heterocycles. The maximum absolute atomic E-state index is 6.09. The van der Waals surface area contributed by atoms with Gasteiger partial charge in [-0.05, 0) is 50.1 Å². The Morgan fingerprint density at radius 1 is 1.13 bits per heavy atom. The maximum atomic E-state index is 6.09. The monoisotopic (exact) mass is 423 g/mol. The Morgan fingerprint density at radius 3 is 2.48 bits per heavy atom. The van der Waals surface area contributed by atoms with Crippen LogP contribution in [0.5, 0.6) is 5.75 Å². The summed E-state index contributed by atoms with van der Waals surface area (Å²) in [6.45, 7) is 6.14. The SMILES string of the molecule is Cc1cc(C)cc(NC(N)=NC2c3ccccc3OC2C)c1.I. The largest absolute Gasteiger partial charge is 0.488 e. The van der Waals surface area contributed by atoms with Crippen molar-refractivity contribution in [3.8, 4) is 5.75 Å². The number of rotatable bonds is 2. The highest BCUT2D eigenvalue weighted by molar-refractivity contribution is 14.0. The Kier molecular flexibility index (Phi) is 5.51. The van der Waals surface area contributed by atoms with E-state index in [9.17, 15) is 0 Å². The third kappa shape index (κ3) is 3.96. The number of nitrogens with one attached hydrogen (secondary N) is 1. The number of para-hydroxylation sites is 1. The summed E-state index contributed by atoms with van der Waals surface area (Å²) < 4.78 is 5.82. The summed E-state index contributed by atoms with van der Waals surface area (Å²) in [5.74, 6) is 1.30. The van der Waals surface area contributed by atoms with E-state index in [-0.39, 0.29) is 36.1 Å².